The van der Waals surface area contributed by atoms with E-state index in [1.807, 2.05) is 0 Å². The lowest BCUT2D eigenvalue weighted by Gasteiger charge is -2.61. The number of carbonyl (C=O) groups is 1. The summed E-state index contributed by atoms with van der Waals surface area (Å²) in [5, 5.41) is 21.3. The second-order valence-corrected chi connectivity index (χ2v) is 9.11. The molecule has 4 fully saturated rings. The molecule has 0 aromatic carbocycles. The second-order valence-electron chi connectivity index (χ2n) is 9.11. The molecule has 3 nitrogen and oxygen atoms in total. The van der Waals surface area contributed by atoms with E-state index in [0.29, 0.717) is 29.5 Å². The van der Waals surface area contributed by atoms with Gasteiger partial charge in [-0.25, -0.2) is 0 Å². The van der Waals surface area contributed by atoms with Crippen LogP contribution in [0.1, 0.15) is 65.2 Å². The van der Waals surface area contributed by atoms with Crippen molar-refractivity contribution < 1.29 is 15.0 Å². The molecule has 8 atom stereocenters. The molecule has 0 radical (unpaired) electrons. The summed E-state index contributed by atoms with van der Waals surface area (Å²) in [5.41, 5.74) is -0.0679. The van der Waals surface area contributed by atoms with Gasteiger partial charge >= 0.3 is 0 Å². The van der Waals surface area contributed by atoms with E-state index in [4.69, 9.17) is 0 Å². The molecule has 4 aliphatic rings. The van der Waals surface area contributed by atoms with E-state index >= 15 is 0 Å². The van der Waals surface area contributed by atoms with Crippen LogP contribution in [0.25, 0.3) is 0 Å². The largest absolute Gasteiger partial charge is 0.392 e. The van der Waals surface area contributed by atoms with Crippen LogP contribution < -0.4 is 0 Å². The average Bonchev–Trinajstić information content (AvgIpc) is 2.79. The molecule has 0 spiro atoms. The van der Waals surface area contributed by atoms with E-state index in [-0.39, 0.29) is 23.0 Å². The predicted molar refractivity (Wildman–Crippen MR) is 84.1 cm³/mol. The number of hydrogen-bond donors (Lipinski definition) is 2. The first-order valence-electron chi connectivity index (χ1n) is 9.25. The van der Waals surface area contributed by atoms with Gasteiger partial charge in [-0.05, 0) is 67.6 Å². The summed E-state index contributed by atoms with van der Waals surface area (Å²) >= 11 is 0. The van der Waals surface area contributed by atoms with Gasteiger partial charge in [0.15, 0.2) is 0 Å². The number of carbonyl (C=O) groups excluding carboxylic acids is 1. The maximum atomic E-state index is 11.9. The first-order valence-corrected chi connectivity index (χ1v) is 9.25. The number of Topliss-reactive ketones (excluding diaryl/α,β-unsaturated/α-hetero) is 1. The number of ketones is 1. The summed E-state index contributed by atoms with van der Waals surface area (Å²) in [6.45, 7) is 4.51. The highest BCUT2D eigenvalue weighted by atomic mass is 16.3. The Morgan fingerprint density at radius 3 is 2.55 bits per heavy atom. The molecular weight excluding hydrogens is 276 g/mol. The predicted octanol–water partition coefficient (Wildman–Crippen LogP) is 2.93. The van der Waals surface area contributed by atoms with Crippen LogP contribution in [0.3, 0.4) is 0 Å². The summed E-state index contributed by atoms with van der Waals surface area (Å²) in [5.74, 6) is 2.61. The minimum atomic E-state index is -0.385. The van der Waals surface area contributed by atoms with Crippen molar-refractivity contribution in [1.82, 2.24) is 0 Å². The number of rotatable bonds is 0. The van der Waals surface area contributed by atoms with Crippen LogP contribution in [0, 0.1) is 34.5 Å². The van der Waals surface area contributed by atoms with Gasteiger partial charge in [0.25, 0.3) is 0 Å². The van der Waals surface area contributed by atoms with Crippen molar-refractivity contribution in [3.05, 3.63) is 0 Å². The molecule has 0 aliphatic heterocycles. The highest BCUT2D eigenvalue weighted by Crippen LogP contribution is 2.65. The summed E-state index contributed by atoms with van der Waals surface area (Å²) in [7, 11) is 0. The van der Waals surface area contributed by atoms with Gasteiger partial charge in [0.1, 0.15) is 5.78 Å². The summed E-state index contributed by atoms with van der Waals surface area (Å²) < 4.78 is 0. The van der Waals surface area contributed by atoms with Crippen molar-refractivity contribution >= 4 is 5.78 Å². The first kappa shape index (κ1) is 15.1. The molecule has 22 heavy (non-hydrogen) atoms. The normalized spacial score (nSPS) is 57.9. The number of aliphatic hydroxyl groups excluding tert-OH is 2. The fourth-order valence-electron chi connectivity index (χ4n) is 7.00. The Morgan fingerprint density at radius 2 is 1.77 bits per heavy atom. The van der Waals surface area contributed by atoms with Crippen LogP contribution >= 0.6 is 0 Å². The van der Waals surface area contributed by atoms with E-state index in [1.165, 1.54) is 12.8 Å². The van der Waals surface area contributed by atoms with Gasteiger partial charge in [-0.3, -0.25) is 4.79 Å². The Bertz CT molecular complexity index is 489. The SMILES string of the molecule is C[C@]12CCC(=O)C[C@H]1CC[C@@H]1[C@@H]2C[C@H](O)[C@]2(C)[C@@H](O)CC[C@@H]12. The minimum Gasteiger partial charge on any atom is -0.392 e. The van der Waals surface area contributed by atoms with Gasteiger partial charge in [-0.1, -0.05) is 13.8 Å². The lowest BCUT2D eigenvalue weighted by Crippen LogP contribution is -2.59. The van der Waals surface area contributed by atoms with Gasteiger partial charge in [0.2, 0.25) is 0 Å². The number of fused-ring (bicyclic) bond motifs is 5. The van der Waals surface area contributed by atoms with E-state index in [2.05, 4.69) is 13.8 Å². The topological polar surface area (TPSA) is 57.5 Å². The highest BCUT2D eigenvalue weighted by Gasteiger charge is 2.63. The van der Waals surface area contributed by atoms with Crippen molar-refractivity contribution in [2.24, 2.45) is 34.5 Å². The average molecular weight is 306 g/mol. The molecule has 0 aromatic heterocycles. The third-order valence-corrected chi connectivity index (χ3v) is 8.54. The number of hydrogen-bond acceptors (Lipinski definition) is 3. The van der Waals surface area contributed by atoms with Gasteiger partial charge in [0, 0.05) is 18.3 Å². The molecule has 124 valence electrons. The zero-order valence-corrected chi connectivity index (χ0v) is 13.9. The molecule has 4 rings (SSSR count). The molecule has 0 heterocycles. The Hall–Kier alpha value is -0.410. The van der Waals surface area contributed by atoms with E-state index in [9.17, 15) is 15.0 Å². The Labute approximate surface area is 133 Å². The van der Waals surface area contributed by atoms with Crippen LogP contribution in [0.4, 0.5) is 0 Å². The summed E-state index contributed by atoms with van der Waals surface area (Å²) in [4.78, 5) is 11.9. The molecule has 0 unspecified atom stereocenters. The van der Waals surface area contributed by atoms with Crippen molar-refractivity contribution in [2.75, 3.05) is 0 Å². The highest BCUT2D eigenvalue weighted by molar-refractivity contribution is 5.79. The van der Waals surface area contributed by atoms with Crippen molar-refractivity contribution in [3.8, 4) is 0 Å². The molecule has 4 saturated carbocycles. The van der Waals surface area contributed by atoms with Crippen LogP contribution in [0.15, 0.2) is 0 Å². The molecule has 3 heteroatoms. The Morgan fingerprint density at radius 1 is 1.00 bits per heavy atom. The van der Waals surface area contributed by atoms with Crippen molar-refractivity contribution in [3.63, 3.8) is 0 Å². The maximum Gasteiger partial charge on any atom is 0.133 e. The van der Waals surface area contributed by atoms with Crippen LogP contribution in [-0.4, -0.2) is 28.2 Å². The third-order valence-electron chi connectivity index (χ3n) is 8.54. The fourth-order valence-corrected chi connectivity index (χ4v) is 7.00. The van der Waals surface area contributed by atoms with Crippen LogP contribution in [0.5, 0.6) is 0 Å². The molecule has 0 aromatic rings. The first-order chi connectivity index (χ1) is 10.4. The van der Waals surface area contributed by atoms with Gasteiger partial charge < -0.3 is 10.2 Å². The van der Waals surface area contributed by atoms with Crippen molar-refractivity contribution in [1.29, 1.82) is 0 Å². The van der Waals surface area contributed by atoms with Crippen LogP contribution in [0.2, 0.25) is 0 Å². The van der Waals surface area contributed by atoms with Crippen LogP contribution in [-0.2, 0) is 4.79 Å². The second kappa shape index (κ2) is 4.80. The standard InChI is InChI=1S/C19H30O3/c1-18-8-7-12(20)9-11(18)3-4-13-14-5-6-16(21)19(14,2)17(22)10-15(13)18/h11,13-17,21-22H,3-10H2,1-2H3/t11-,13+,14+,15+,16+,17+,18+,19+/m1/s1. The van der Waals surface area contributed by atoms with Gasteiger partial charge in [-0.15, -0.1) is 0 Å². The Balaban J connectivity index is 1.68. The number of aliphatic hydroxyl groups is 2. The summed E-state index contributed by atoms with van der Waals surface area (Å²) in [6, 6.07) is 0. The monoisotopic (exact) mass is 306 g/mol. The molecule has 4 aliphatic carbocycles. The lowest BCUT2D eigenvalue weighted by atomic mass is 9.44. The quantitative estimate of drug-likeness (QED) is 0.723. The molecule has 0 amide bonds. The van der Waals surface area contributed by atoms with Crippen molar-refractivity contribution in [2.45, 2.75) is 77.4 Å². The smallest absolute Gasteiger partial charge is 0.133 e. The van der Waals surface area contributed by atoms with Gasteiger partial charge in [0.05, 0.1) is 12.2 Å². The Kier molecular flexibility index (Phi) is 3.30. The molecular formula is C19H30O3. The van der Waals surface area contributed by atoms with Gasteiger partial charge in [-0.2, -0.15) is 0 Å². The maximum absolute atomic E-state index is 11.9. The molecule has 0 bridgehead atoms. The molecule has 2 N–H and O–H groups in total. The minimum absolute atomic E-state index is 0.229. The molecule has 0 saturated heterocycles. The zero-order chi connectivity index (χ0) is 15.7. The van der Waals surface area contributed by atoms with E-state index in [1.54, 1.807) is 0 Å². The zero-order valence-electron chi connectivity index (χ0n) is 13.9. The van der Waals surface area contributed by atoms with E-state index in [0.717, 1.165) is 38.5 Å². The summed E-state index contributed by atoms with van der Waals surface area (Å²) in [6.07, 6.45) is 6.88. The third kappa shape index (κ3) is 1.78. The van der Waals surface area contributed by atoms with E-state index < -0.39 is 0 Å². The fraction of sp³-hybridized carbons (Fsp3) is 0.947. The lowest BCUT2D eigenvalue weighted by molar-refractivity contribution is -0.176.